The lowest BCUT2D eigenvalue weighted by molar-refractivity contribution is -0.136. The lowest BCUT2D eigenvalue weighted by Crippen LogP contribution is -2.43. The first kappa shape index (κ1) is 23.3. The molecule has 0 radical (unpaired) electrons. The molecule has 0 fully saturated rings. The highest BCUT2D eigenvalue weighted by Crippen LogP contribution is 2.27. The molecule has 2 aromatic heterocycles. The van der Waals surface area contributed by atoms with E-state index in [2.05, 4.69) is 25.8 Å². The fraction of sp³-hybridized carbons (Fsp3) is 0.381. The molecule has 32 heavy (non-hydrogen) atoms. The van der Waals surface area contributed by atoms with Crippen molar-refractivity contribution in [1.82, 2.24) is 20.5 Å². The summed E-state index contributed by atoms with van der Waals surface area (Å²) in [6.45, 7) is 3.05. The van der Waals surface area contributed by atoms with Crippen molar-refractivity contribution in [3.63, 3.8) is 0 Å². The topological polar surface area (TPSA) is 112 Å². The highest BCUT2D eigenvalue weighted by molar-refractivity contribution is 5.92. The van der Waals surface area contributed by atoms with E-state index in [-0.39, 0.29) is 24.7 Å². The van der Waals surface area contributed by atoms with Crippen molar-refractivity contribution >= 4 is 22.8 Å². The summed E-state index contributed by atoms with van der Waals surface area (Å²) >= 11 is 0. The Kier molecular flexibility index (Phi) is 6.87. The van der Waals surface area contributed by atoms with Crippen LogP contribution in [0.5, 0.6) is 5.88 Å². The number of rotatable bonds is 8. The molecular formula is C21H24F3N5O3. The lowest BCUT2D eigenvalue weighted by atomic mass is 9.92. The van der Waals surface area contributed by atoms with Crippen molar-refractivity contribution in [2.75, 3.05) is 11.9 Å². The number of hydrogen-bond acceptors (Lipinski definition) is 5. The number of amides is 2. The first-order valence-electron chi connectivity index (χ1n) is 9.91. The number of aromatic nitrogens is 3. The van der Waals surface area contributed by atoms with Gasteiger partial charge in [-0.1, -0.05) is 30.3 Å². The first-order chi connectivity index (χ1) is 15.0. The largest absolute Gasteiger partial charge is 0.476 e. The highest BCUT2D eigenvalue weighted by Gasteiger charge is 2.30. The average Bonchev–Trinajstić information content (AvgIpc) is 3.11. The molecule has 4 N–H and O–H groups in total. The van der Waals surface area contributed by atoms with E-state index in [1.54, 1.807) is 26.0 Å². The Morgan fingerprint density at radius 3 is 2.62 bits per heavy atom. The number of nitrogens with zero attached hydrogens (tertiary/aromatic N) is 2. The van der Waals surface area contributed by atoms with Crippen LogP contribution in [-0.4, -0.2) is 44.7 Å². The number of aromatic amines is 1. The van der Waals surface area contributed by atoms with Crippen LogP contribution in [-0.2, 0) is 0 Å². The van der Waals surface area contributed by atoms with E-state index in [1.807, 2.05) is 18.2 Å². The van der Waals surface area contributed by atoms with Gasteiger partial charge in [0.15, 0.2) is 0 Å². The number of benzene rings is 1. The maximum atomic E-state index is 12.5. The van der Waals surface area contributed by atoms with Crippen LogP contribution < -0.4 is 15.4 Å². The predicted molar refractivity (Wildman–Crippen MR) is 112 cm³/mol. The second-order valence-corrected chi connectivity index (χ2v) is 7.81. The van der Waals surface area contributed by atoms with E-state index in [0.29, 0.717) is 10.9 Å². The molecular weight excluding hydrogens is 427 g/mol. The zero-order valence-corrected chi connectivity index (χ0v) is 17.5. The number of fused-ring (bicyclic) bond motifs is 1. The molecule has 0 saturated heterocycles. The highest BCUT2D eigenvalue weighted by atomic mass is 19.4. The third-order valence-corrected chi connectivity index (χ3v) is 4.61. The monoisotopic (exact) mass is 451 g/mol. The Morgan fingerprint density at radius 2 is 1.97 bits per heavy atom. The molecule has 0 aliphatic heterocycles. The minimum absolute atomic E-state index is 0.136. The van der Waals surface area contributed by atoms with E-state index in [1.165, 1.54) is 12.3 Å². The van der Waals surface area contributed by atoms with Crippen LogP contribution in [0.1, 0.15) is 38.3 Å². The van der Waals surface area contributed by atoms with Gasteiger partial charge < -0.3 is 15.2 Å². The minimum Gasteiger partial charge on any atom is -0.476 e. The molecule has 8 nitrogen and oxygen atoms in total. The number of hydrogen-bond donors (Lipinski definition) is 4. The van der Waals surface area contributed by atoms with Gasteiger partial charge in [0.1, 0.15) is 5.82 Å². The van der Waals surface area contributed by atoms with Gasteiger partial charge in [0.25, 0.3) is 0 Å². The predicted octanol–water partition coefficient (Wildman–Crippen LogP) is 4.31. The van der Waals surface area contributed by atoms with Gasteiger partial charge in [-0.05, 0) is 25.8 Å². The fourth-order valence-electron chi connectivity index (χ4n) is 3.11. The number of halogens is 3. The van der Waals surface area contributed by atoms with E-state index >= 15 is 0 Å². The quantitative estimate of drug-likeness (QED) is 0.381. The number of aliphatic hydroxyl groups is 1. The number of ether oxygens (including phenoxy) is 1. The molecule has 172 valence electrons. The van der Waals surface area contributed by atoms with Crippen LogP contribution in [0, 0.1) is 0 Å². The molecule has 0 spiro atoms. The maximum Gasteiger partial charge on any atom is 0.389 e. The summed E-state index contributed by atoms with van der Waals surface area (Å²) < 4.78 is 42.0. The number of anilines is 1. The van der Waals surface area contributed by atoms with Crippen LogP contribution in [0.25, 0.3) is 10.9 Å². The van der Waals surface area contributed by atoms with Gasteiger partial charge in [-0.3, -0.25) is 10.4 Å². The molecule has 3 rings (SSSR count). The third kappa shape index (κ3) is 6.33. The Balaban J connectivity index is 1.64. The summed E-state index contributed by atoms with van der Waals surface area (Å²) in [5.41, 5.74) is 0.000289. The standard InChI is InChI=1S/C21H24F3N5O3/c1-20(2,31)17(13-7-4-3-5-8-13)27-19(30)26-16-11-15-14(12-25-16)18(29-28-15)32-10-6-9-21(22,23)24/h3-5,7-8,11-12,17,31H,6,9-10H2,1-2H3,(H,28,29)(H2,25,26,27,30)/t17-/m0/s1. The lowest BCUT2D eigenvalue weighted by Gasteiger charge is -2.30. The number of H-pyrrole nitrogens is 1. The Hall–Kier alpha value is -3.34. The Bertz CT molecular complexity index is 1050. The molecule has 3 aromatic rings. The van der Waals surface area contributed by atoms with Crippen molar-refractivity contribution in [1.29, 1.82) is 0 Å². The van der Waals surface area contributed by atoms with Crippen LogP contribution in [0.4, 0.5) is 23.8 Å². The molecule has 0 unspecified atom stereocenters. The van der Waals surface area contributed by atoms with Crippen LogP contribution in [0.3, 0.4) is 0 Å². The molecule has 1 aromatic carbocycles. The number of nitrogens with one attached hydrogen (secondary N) is 3. The Labute approximate surface area is 182 Å². The van der Waals surface area contributed by atoms with E-state index in [4.69, 9.17) is 4.74 Å². The number of pyridine rings is 1. The van der Waals surface area contributed by atoms with Crippen molar-refractivity contribution in [3.8, 4) is 5.88 Å². The zero-order valence-electron chi connectivity index (χ0n) is 17.5. The van der Waals surface area contributed by atoms with Gasteiger partial charge in [-0.15, -0.1) is 5.10 Å². The average molecular weight is 451 g/mol. The van der Waals surface area contributed by atoms with Gasteiger partial charge in [-0.25, -0.2) is 9.78 Å². The molecule has 0 aliphatic rings. The summed E-state index contributed by atoms with van der Waals surface area (Å²) in [7, 11) is 0. The smallest absolute Gasteiger partial charge is 0.389 e. The molecule has 2 amide bonds. The minimum atomic E-state index is -4.23. The van der Waals surface area contributed by atoms with Gasteiger partial charge >= 0.3 is 12.2 Å². The van der Waals surface area contributed by atoms with Gasteiger partial charge in [-0.2, -0.15) is 13.2 Å². The molecule has 0 aliphatic carbocycles. The summed E-state index contributed by atoms with van der Waals surface area (Å²) in [6, 6.07) is 9.33. The molecule has 11 heteroatoms. The normalized spacial score (nSPS) is 13.1. The maximum absolute atomic E-state index is 12.5. The van der Waals surface area contributed by atoms with Gasteiger partial charge in [0.05, 0.1) is 29.2 Å². The van der Waals surface area contributed by atoms with Crippen molar-refractivity contribution < 1.29 is 27.8 Å². The zero-order chi connectivity index (χ0) is 23.4. The second-order valence-electron chi connectivity index (χ2n) is 7.81. The summed E-state index contributed by atoms with van der Waals surface area (Å²) in [4.78, 5) is 16.7. The SMILES string of the molecule is CC(C)(O)[C@@H](NC(=O)Nc1cc2[nH]nc(OCCCC(F)(F)F)c2cn1)c1ccccc1. The van der Waals surface area contributed by atoms with E-state index in [0.717, 1.165) is 5.56 Å². The third-order valence-electron chi connectivity index (χ3n) is 4.61. The van der Waals surface area contributed by atoms with Gasteiger partial charge in [0.2, 0.25) is 5.88 Å². The summed E-state index contributed by atoms with van der Waals surface area (Å²) in [6.07, 6.45) is -3.96. The van der Waals surface area contributed by atoms with Crippen molar-refractivity contribution in [3.05, 3.63) is 48.2 Å². The first-order valence-corrected chi connectivity index (χ1v) is 9.91. The summed E-state index contributed by atoms with van der Waals surface area (Å²) in [5.74, 6) is 0.349. The molecule has 1 atom stereocenters. The molecule has 0 saturated carbocycles. The number of carbonyl (C=O) groups excluding carboxylic acids is 1. The van der Waals surface area contributed by atoms with Crippen LogP contribution in [0.15, 0.2) is 42.6 Å². The number of alkyl halides is 3. The molecule has 0 bridgehead atoms. The number of urea groups is 1. The second kappa shape index (κ2) is 9.43. The van der Waals surface area contributed by atoms with Crippen LogP contribution >= 0.6 is 0 Å². The summed E-state index contributed by atoms with van der Waals surface area (Å²) in [5, 5.41) is 22.9. The van der Waals surface area contributed by atoms with Crippen molar-refractivity contribution in [2.24, 2.45) is 0 Å². The fourth-order valence-corrected chi connectivity index (χ4v) is 3.11. The van der Waals surface area contributed by atoms with Crippen LogP contribution in [0.2, 0.25) is 0 Å². The molecule has 2 heterocycles. The van der Waals surface area contributed by atoms with E-state index in [9.17, 15) is 23.1 Å². The van der Waals surface area contributed by atoms with Gasteiger partial charge in [0, 0.05) is 18.7 Å². The Morgan fingerprint density at radius 1 is 1.25 bits per heavy atom. The van der Waals surface area contributed by atoms with E-state index < -0.39 is 30.3 Å². The number of carbonyl (C=O) groups is 1. The van der Waals surface area contributed by atoms with Crippen molar-refractivity contribution in [2.45, 2.75) is 44.5 Å².